The lowest BCUT2D eigenvalue weighted by Crippen LogP contribution is -2.52. The van der Waals surface area contributed by atoms with Gasteiger partial charge in [-0.15, -0.1) is 0 Å². The number of allylic oxidation sites excluding steroid dienone is 3. The van der Waals surface area contributed by atoms with E-state index in [1.807, 2.05) is 39.0 Å². The van der Waals surface area contributed by atoms with E-state index in [-0.39, 0.29) is 41.9 Å². The first-order valence-electron chi connectivity index (χ1n) is 12.5. The summed E-state index contributed by atoms with van der Waals surface area (Å²) in [6.07, 6.45) is 4.32. The molecule has 2 heterocycles. The molecule has 0 bridgehead atoms. The summed E-state index contributed by atoms with van der Waals surface area (Å²) >= 11 is 0. The Morgan fingerprint density at radius 1 is 1.20 bits per heavy atom. The molecule has 4 N–H and O–H groups in total. The number of nitrogens with one attached hydrogen (secondary N) is 1. The van der Waals surface area contributed by atoms with Gasteiger partial charge in [-0.3, -0.25) is 0 Å². The van der Waals surface area contributed by atoms with Crippen molar-refractivity contribution < 1.29 is 34.4 Å². The maximum absolute atomic E-state index is 12.6. The fourth-order valence-corrected chi connectivity index (χ4v) is 6.35. The summed E-state index contributed by atoms with van der Waals surface area (Å²) in [6.45, 7) is 7.36. The Labute approximate surface area is 206 Å². The van der Waals surface area contributed by atoms with Crippen molar-refractivity contribution in [3.8, 4) is 0 Å². The van der Waals surface area contributed by atoms with E-state index in [0.29, 0.717) is 12.1 Å². The highest BCUT2D eigenvalue weighted by Gasteiger charge is 2.50. The van der Waals surface area contributed by atoms with E-state index in [0.717, 1.165) is 5.57 Å². The minimum Gasteiger partial charge on any atom is -0.457 e. The highest BCUT2D eigenvalue weighted by Crippen LogP contribution is 2.50. The number of ether oxygens (including phenoxy) is 2. The lowest BCUT2D eigenvalue weighted by atomic mass is 9.58. The van der Waals surface area contributed by atoms with E-state index >= 15 is 0 Å². The number of hydrogen-bond acceptors (Lipinski definition) is 7. The molecule has 0 saturated heterocycles. The van der Waals surface area contributed by atoms with Gasteiger partial charge >= 0.3 is 11.9 Å². The zero-order valence-electron chi connectivity index (χ0n) is 20.7. The van der Waals surface area contributed by atoms with Crippen LogP contribution < -0.4 is 0 Å². The van der Waals surface area contributed by atoms with Gasteiger partial charge in [0.05, 0.1) is 12.2 Å². The van der Waals surface area contributed by atoms with Gasteiger partial charge in [-0.2, -0.15) is 0 Å². The molecule has 3 aliphatic rings. The summed E-state index contributed by atoms with van der Waals surface area (Å²) in [5.41, 5.74) is 1.41. The summed E-state index contributed by atoms with van der Waals surface area (Å²) < 4.78 is 11.3. The number of aliphatic hydroxyl groups is 3. The normalized spacial score (nSPS) is 40.5. The van der Waals surface area contributed by atoms with Crippen LogP contribution in [0.3, 0.4) is 0 Å². The van der Waals surface area contributed by atoms with Gasteiger partial charge in [-0.1, -0.05) is 37.6 Å². The van der Waals surface area contributed by atoms with Crippen LogP contribution in [0, 0.1) is 35.5 Å². The number of H-pyrrole nitrogens is 1. The van der Waals surface area contributed by atoms with Crippen LogP contribution >= 0.6 is 0 Å². The average molecular weight is 488 g/mol. The van der Waals surface area contributed by atoms with Gasteiger partial charge in [0, 0.05) is 18.0 Å². The number of rotatable bonds is 3. The SMILES string of the molecule is CC1=C[C@@H](C)[C@@H]([C@@H](C)O)OC(=O)[C@@H](O)C[C@H]2C=C[C@H]3C[C@H](OC(=O)c4ccc[nH]4)[C@H](C)[C@@H](O)[C@H]3C12. The first-order valence-corrected chi connectivity index (χ1v) is 12.5. The Morgan fingerprint density at radius 3 is 2.57 bits per heavy atom. The zero-order chi connectivity index (χ0) is 25.4. The topological polar surface area (TPSA) is 129 Å². The third-order valence-corrected chi connectivity index (χ3v) is 8.14. The molecule has 1 aromatic heterocycles. The minimum absolute atomic E-state index is 0.0258. The minimum atomic E-state index is -1.32. The van der Waals surface area contributed by atoms with Crippen LogP contribution in [0.15, 0.2) is 42.1 Å². The number of cyclic esters (lactones) is 1. The largest absolute Gasteiger partial charge is 0.457 e. The third kappa shape index (κ3) is 5.10. The summed E-state index contributed by atoms with van der Waals surface area (Å²) in [5, 5.41) is 32.3. The van der Waals surface area contributed by atoms with E-state index in [1.54, 1.807) is 25.3 Å². The molecule has 4 rings (SSSR count). The second kappa shape index (κ2) is 10.3. The molecule has 8 heteroatoms. The van der Waals surface area contributed by atoms with Gasteiger partial charge in [0.25, 0.3) is 0 Å². The van der Waals surface area contributed by atoms with Crippen molar-refractivity contribution in [2.24, 2.45) is 35.5 Å². The number of carbonyl (C=O) groups excluding carboxylic acids is 2. The van der Waals surface area contributed by atoms with Crippen LogP contribution in [0.2, 0.25) is 0 Å². The summed E-state index contributed by atoms with van der Waals surface area (Å²) in [5.74, 6) is -2.20. The van der Waals surface area contributed by atoms with Gasteiger partial charge in [0.2, 0.25) is 0 Å². The Morgan fingerprint density at radius 2 is 1.91 bits per heavy atom. The molecule has 2 aliphatic carbocycles. The summed E-state index contributed by atoms with van der Waals surface area (Å²) in [7, 11) is 0. The molecule has 0 aromatic carbocycles. The quantitative estimate of drug-likeness (QED) is 0.381. The van der Waals surface area contributed by atoms with Gasteiger partial charge in [0.1, 0.15) is 17.9 Å². The maximum atomic E-state index is 12.6. The lowest BCUT2D eigenvalue weighted by Gasteiger charge is -2.50. The van der Waals surface area contributed by atoms with E-state index in [4.69, 9.17) is 9.47 Å². The monoisotopic (exact) mass is 487 g/mol. The Balaban J connectivity index is 1.64. The number of aromatic nitrogens is 1. The number of aromatic amines is 1. The van der Waals surface area contributed by atoms with Gasteiger partial charge in [-0.05, 0) is 62.5 Å². The highest BCUT2D eigenvalue weighted by atomic mass is 16.6. The van der Waals surface area contributed by atoms with Gasteiger partial charge < -0.3 is 29.8 Å². The van der Waals surface area contributed by atoms with Crippen molar-refractivity contribution in [2.75, 3.05) is 0 Å². The standard InChI is InChI=1S/C27H37NO7/c1-13-10-14(2)25(16(4)29)35-27(33)20(30)11-17-7-8-18-12-21(15(3)24(31)23(18)22(13)17)34-26(32)19-6-5-9-28-19/h5-10,14-18,20-25,28-31H,11-12H2,1-4H3/t14-,15+,16-,17-,18+,20+,21+,22?,23-,24-,25+/m1/s1. The smallest absolute Gasteiger partial charge is 0.355 e. The van der Waals surface area contributed by atoms with Crippen LogP contribution in [-0.2, 0) is 14.3 Å². The van der Waals surface area contributed by atoms with Crippen molar-refractivity contribution in [2.45, 2.75) is 71.1 Å². The van der Waals surface area contributed by atoms with Gasteiger partial charge in [-0.25, -0.2) is 9.59 Å². The number of aliphatic hydroxyl groups excluding tert-OH is 3. The fourth-order valence-electron chi connectivity index (χ4n) is 6.35. The van der Waals surface area contributed by atoms with Crippen molar-refractivity contribution in [3.63, 3.8) is 0 Å². The second-order valence-electron chi connectivity index (χ2n) is 10.6. The molecule has 0 radical (unpaired) electrons. The predicted molar refractivity (Wildman–Crippen MR) is 128 cm³/mol. The number of fused-ring (bicyclic) bond motifs is 3. The molecule has 1 aromatic rings. The number of hydrogen-bond donors (Lipinski definition) is 4. The first-order chi connectivity index (χ1) is 16.6. The van der Waals surface area contributed by atoms with Crippen LogP contribution in [0.25, 0.3) is 0 Å². The highest BCUT2D eigenvalue weighted by molar-refractivity contribution is 5.87. The molecule has 192 valence electrons. The van der Waals surface area contributed by atoms with Crippen molar-refractivity contribution >= 4 is 11.9 Å². The predicted octanol–water partition coefficient (Wildman–Crippen LogP) is 2.62. The molecule has 1 fully saturated rings. The number of carbonyl (C=O) groups is 2. The first kappa shape index (κ1) is 25.7. The molecule has 11 atom stereocenters. The van der Waals surface area contributed by atoms with Crippen molar-refractivity contribution in [3.05, 3.63) is 47.8 Å². The molecule has 1 unspecified atom stereocenters. The summed E-state index contributed by atoms with van der Waals surface area (Å²) in [4.78, 5) is 28.0. The average Bonchev–Trinajstić information content (AvgIpc) is 3.35. The van der Waals surface area contributed by atoms with Crippen LogP contribution in [0.4, 0.5) is 0 Å². The Kier molecular flexibility index (Phi) is 7.54. The fraction of sp³-hybridized carbons (Fsp3) is 0.630. The molecule has 0 spiro atoms. The van der Waals surface area contributed by atoms with Crippen molar-refractivity contribution in [1.29, 1.82) is 0 Å². The van der Waals surface area contributed by atoms with E-state index < -0.39 is 42.5 Å². The molecule has 1 aliphatic heterocycles. The zero-order valence-corrected chi connectivity index (χ0v) is 20.7. The van der Waals surface area contributed by atoms with Crippen LogP contribution in [0.5, 0.6) is 0 Å². The van der Waals surface area contributed by atoms with Crippen molar-refractivity contribution in [1.82, 2.24) is 4.98 Å². The maximum Gasteiger partial charge on any atom is 0.355 e. The van der Waals surface area contributed by atoms with E-state index in [1.165, 1.54) is 0 Å². The van der Waals surface area contributed by atoms with E-state index in [9.17, 15) is 24.9 Å². The van der Waals surface area contributed by atoms with Gasteiger partial charge in [0.15, 0.2) is 6.10 Å². The second-order valence-corrected chi connectivity index (χ2v) is 10.6. The molecule has 8 nitrogen and oxygen atoms in total. The van der Waals surface area contributed by atoms with E-state index in [2.05, 4.69) is 4.98 Å². The third-order valence-electron chi connectivity index (χ3n) is 8.14. The molecular formula is C27H37NO7. The number of esters is 2. The molecule has 35 heavy (non-hydrogen) atoms. The molecular weight excluding hydrogens is 450 g/mol. The van der Waals surface area contributed by atoms with Crippen LogP contribution in [0.1, 0.15) is 51.0 Å². The Hall–Kier alpha value is -2.42. The lowest BCUT2D eigenvalue weighted by molar-refractivity contribution is -0.168. The molecule has 0 amide bonds. The Bertz CT molecular complexity index is 968. The molecule has 1 saturated carbocycles. The summed E-state index contributed by atoms with van der Waals surface area (Å²) in [6, 6.07) is 3.39. The van der Waals surface area contributed by atoms with Crippen LogP contribution in [-0.4, -0.2) is 62.8 Å².